The van der Waals surface area contributed by atoms with Gasteiger partial charge in [0.05, 0.1) is 6.26 Å². The predicted molar refractivity (Wildman–Crippen MR) is 76.3 cm³/mol. The van der Waals surface area contributed by atoms with Crippen LogP contribution in [0, 0.1) is 0 Å². The van der Waals surface area contributed by atoms with Gasteiger partial charge in [0, 0.05) is 31.3 Å². The van der Waals surface area contributed by atoms with E-state index >= 15 is 0 Å². The molecule has 4 heteroatoms. The largest absolute Gasteiger partial charge is 0.469 e. The van der Waals surface area contributed by atoms with Crippen LogP contribution in [0.4, 0.5) is 11.4 Å². The van der Waals surface area contributed by atoms with E-state index < -0.39 is 0 Å². The summed E-state index contributed by atoms with van der Waals surface area (Å²) >= 11 is 0. The average Bonchev–Trinajstić information content (AvgIpc) is 2.87. The van der Waals surface area contributed by atoms with E-state index in [0.29, 0.717) is 0 Å². The van der Waals surface area contributed by atoms with E-state index in [4.69, 9.17) is 4.42 Å². The fourth-order valence-electron chi connectivity index (χ4n) is 1.86. The molecular weight excluding hydrogens is 240 g/mol. The van der Waals surface area contributed by atoms with Gasteiger partial charge in [0.25, 0.3) is 0 Å². The summed E-state index contributed by atoms with van der Waals surface area (Å²) in [6.07, 6.45) is 3.61. The topological polar surface area (TPSA) is 54.3 Å². The van der Waals surface area contributed by atoms with Gasteiger partial charge >= 0.3 is 0 Å². The Kier molecular flexibility index (Phi) is 4.61. The van der Waals surface area contributed by atoms with Crippen molar-refractivity contribution in [1.82, 2.24) is 0 Å². The quantitative estimate of drug-likeness (QED) is 0.782. The minimum atomic E-state index is -0.0602. The molecule has 4 nitrogen and oxygen atoms in total. The highest BCUT2D eigenvalue weighted by Crippen LogP contribution is 2.15. The zero-order chi connectivity index (χ0) is 13.5. The maximum Gasteiger partial charge on any atom is 0.221 e. The summed E-state index contributed by atoms with van der Waals surface area (Å²) in [5.41, 5.74) is 1.81. The molecule has 0 radical (unpaired) electrons. The monoisotopic (exact) mass is 258 g/mol. The number of nitrogens with one attached hydrogen (secondary N) is 2. The zero-order valence-corrected chi connectivity index (χ0v) is 11.0. The molecule has 2 N–H and O–H groups in total. The van der Waals surface area contributed by atoms with Crippen LogP contribution in [0.15, 0.2) is 47.1 Å². The van der Waals surface area contributed by atoms with Crippen LogP contribution in [0.25, 0.3) is 0 Å². The first-order valence-corrected chi connectivity index (χ1v) is 6.38. The van der Waals surface area contributed by atoms with Crippen molar-refractivity contribution in [3.63, 3.8) is 0 Å². The predicted octanol–water partition coefficient (Wildman–Crippen LogP) is 3.28. The molecule has 100 valence electrons. The number of rotatable bonds is 6. The van der Waals surface area contributed by atoms with Crippen molar-refractivity contribution >= 4 is 17.3 Å². The van der Waals surface area contributed by atoms with Gasteiger partial charge in [0.15, 0.2) is 0 Å². The number of hydrogen-bond donors (Lipinski definition) is 2. The number of carbonyl (C=O) groups is 1. The number of furan rings is 1. The smallest absolute Gasteiger partial charge is 0.221 e. The highest BCUT2D eigenvalue weighted by molar-refractivity contribution is 5.89. The lowest BCUT2D eigenvalue weighted by Gasteiger charge is -2.08. The standard InChI is InChI=1S/C15H18N2O2/c1-12(18)17-14-6-2-5-13(11-14)16-9-3-7-15-8-4-10-19-15/h2,4-6,8,10-11,16H,3,7,9H2,1H3,(H,17,18). The molecule has 0 aliphatic carbocycles. The molecule has 1 amide bonds. The first-order chi connectivity index (χ1) is 9.24. The van der Waals surface area contributed by atoms with Crippen LogP contribution in [-0.2, 0) is 11.2 Å². The number of amides is 1. The summed E-state index contributed by atoms with van der Waals surface area (Å²) in [5, 5.41) is 6.09. The maximum absolute atomic E-state index is 11.0. The fraction of sp³-hybridized carbons (Fsp3) is 0.267. The van der Waals surface area contributed by atoms with Crippen molar-refractivity contribution in [2.24, 2.45) is 0 Å². The molecule has 0 atom stereocenters. The Labute approximate surface area is 112 Å². The molecule has 0 bridgehead atoms. The van der Waals surface area contributed by atoms with E-state index in [0.717, 1.165) is 36.5 Å². The molecule has 1 aromatic carbocycles. The van der Waals surface area contributed by atoms with Gasteiger partial charge < -0.3 is 15.1 Å². The van der Waals surface area contributed by atoms with E-state index in [1.807, 2.05) is 36.4 Å². The second-order valence-corrected chi connectivity index (χ2v) is 4.37. The van der Waals surface area contributed by atoms with Gasteiger partial charge in [0.2, 0.25) is 5.91 Å². The third-order valence-electron chi connectivity index (χ3n) is 2.69. The Morgan fingerprint density at radius 3 is 2.79 bits per heavy atom. The molecule has 0 unspecified atom stereocenters. The highest BCUT2D eigenvalue weighted by atomic mass is 16.3. The molecule has 0 saturated carbocycles. The lowest BCUT2D eigenvalue weighted by molar-refractivity contribution is -0.114. The van der Waals surface area contributed by atoms with Gasteiger partial charge in [-0.05, 0) is 36.8 Å². The fourth-order valence-corrected chi connectivity index (χ4v) is 1.86. The minimum Gasteiger partial charge on any atom is -0.469 e. The van der Waals surface area contributed by atoms with E-state index in [2.05, 4.69) is 10.6 Å². The first-order valence-electron chi connectivity index (χ1n) is 6.38. The van der Waals surface area contributed by atoms with Crippen LogP contribution in [0.2, 0.25) is 0 Å². The molecule has 0 aliphatic rings. The number of anilines is 2. The van der Waals surface area contributed by atoms with Crippen LogP contribution >= 0.6 is 0 Å². The highest BCUT2D eigenvalue weighted by Gasteiger charge is 1.98. The van der Waals surface area contributed by atoms with Crippen molar-refractivity contribution < 1.29 is 9.21 Å². The number of aryl methyl sites for hydroxylation is 1. The van der Waals surface area contributed by atoms with Crippen LogP contribution in [0.5, 0.6) is 0 Å². The van der Waals surface area contributed by atoms with Crippen molar-refractivity contribution in [3.05, 3.63) is 48.4 Å². The Hall–Kier alpha value is -2.23. The summed E-state index contributed by atoms with van der Waals surface area (Å²) in [4.78, 5) is 11.0. The van der Waals surface area contributed by atoms with Gasteiger partial charge in [-0.15, -0.1) is 0 Å². The number of hydrogen-bond acceptors (Lipinski definition) is 3. The van der Waals surface area contributed by atoms with Crippen LogP contribution < -0.4 is 10.6 Å². The Morgan fingerprint density at radius 1 is 1.21 bits per heavy atom. The van der Waals surface area contributed by atoms with E-state index in [1.165, 1.54) is 6.92 Å². The average molecular weight is 258 g/mol. The van der Waals surface area contributed by atoms with Gasteiger partial charge in [-0.25, -0.2) is 0 Å². The first kappa shape index (κ1) is 13.2. The minimum absolute atomic E-state index is 0.0602. The van der Waals surface area contributed by atoms with Crippen molar-refractivity contribution in [2.45, 2.75) is 19.8 Å². The lowest BCUT2D eigenvalue weighted by atomic mass is 10.2. The number of carbonyl (C=O) groups excluding carboxylic acids is 1. The van der Waals surface area contributed by atoms with Crippen molar-refractivity contribution in [2.75, 3.05) is 17.2 Å². The van der Waals surface area contributed by atoms with Gasteiger partial charge in [-0.2, -0.15) is 0 Å². The second-order valence-electron chi connectivity index (χ2n) is 4.37. The summed E-state index contributed by atoms with van der Waals surface area (Å²) in [7, 11) is 0. The SMILES string of the molecule is CC(=O)Nc1cccc(NCCCc2ccco2)c1. The molecule has 2 rings (SSSR count). The molecule has 1 heterocycles. The molecule has 2 aromatic rings. The Morgan fingerprint density at radius 2 is 2.05 bits per heavy atom. The summed E-state index contributed by atoms with van der Waals surface area (Å²) in [6.45, 7) is 2.37. The Balaban J connectivity index is 1.77. The van der Waals surface area contributed by atoms with Gasteiger partial charge in [-0.3, -0.25) is 4.79 Å². The van der Waals surface area contributed by atoms with E-state index in [1.54, 1.807) is 6.26 Å². The number of benzene rings is 1. The normalized spacial score (nSPS) is 10.2. The van der Waals surface area contributed by atoms with E-state index in [-0.39, 0.29) is 5.91 Å². The molecule has 19 heavy (non-hydrogen) atoms. The lowest BCUT2D eigenvalue weighted by Crippen LogP contribution is -2.07. The van der Waals surface area contributed by atoms with Crippen LogP contribution in [0.1, 0.15) is 19.1 Å². The summed E-state index contributed by atoms with van der Waals surface area (Å²) in [6, 6.07) is 11.6. The zero-order valence-electron chi connectivity index (χ0n) is 11.0. The van der Waals surface area contributed by atoms with Crippen LogP contribution in [0.3, 0.4) is 0 Å². The molecule has 0 aliphatic heterocycles. The van der Waals surface area contributed by atoms with Crippen molar-refractivity contribution in [3.8, 4) is 0 Å². The molecule has 0 spiro atoms. The van der Waals surface area contributed by atoms with E-state index in [9.17, 15) is 4.79 Å². The molecular formula is C15H18N2O2. The third kappa shape index (κ3) is 4.50. The second kappa shape index (κ2) is 6.64. The van der Waals surface area contributed by atoms with Crippen LogP contribution in [-0.4, -0.2) is 12.5 Å². The van der Waals surface area contributed by atoms with Gasteiger partial charge in [-0.1, -0.05) is 6.07 Å². The molecule has 1 aromatic heterocycles. The molecule has 0 saturated heterocycles. The summed E-state index contributed by atoms with van der Waals surface area (Å²) in [5.74, 6) is 0.948. The molecule has 0 fully saturated rings. The Bertz CT molecular complexity index is 521. The van der Waals surface area contributed by atoms with Crippen molar-refractivity contribution in [1.29, 1.82) is 0 Å². The summed E-state index contributed by atoms with van der Waals surface area (Å²) < 4.78 is 5.27. The van der Waals surface area contributed by atoms with Gasteiger partial charge in [0.1, 0.15) is 5.76 Å². The third-order valence-corrected chi connectivity index (χ3v) is 2.69. The maximum atomic E-state index is 11.0.